The van der Waals surface area contributed by atoms with Gasteiger partial charge in [-0.05, 0) is 13.3 Å². The van der Waals surface area contributed by atoms with Gasteiger partial charge in [0, 0.05) is 37.6 Å². The van der Waals surface area contributed by atoms with Gasteiger partial charge in [-0.1, -0.05) is 13.8 Å². The van der Waals surface area contributed by atoms with Crippen LogP contribution in [-0.4, -0.2) is 49.7 Å². The third-order valence-corrected chi connectivity index (χ3v) is 4.47. The first kappa shape index (κ1) is 12.8. The summed E-state index contributed by atoms with van der Waals surface area (Å²) in [4.78, 5) is 13.5. The predicted molar refractivity (Wildman–Crippen MR) is 66.7 cm³/mol. The number of carbonyl (C=O) groups excluding carboxylic acids is 1. The maximum absolute atomic E-state index is 11.8. The highest BCUT2D eigenvalue weighted by Crippen LogP contribution is 2.51. The number of ether oxygens (including phenoxy) is 1. The van der Waals surface area contributed by atoms with Crippen molar-refractivity contribution < 1.29 is 9.53 Å². The third kappa shape index (κ3) is 2.08. The van der Waals surface area contributed by atoms with Gasteiger partial charge in [0.05, 0.1) is 12.6 Å². The number of amides is 1. The molecular formula is C13H24N2O2. The van der Waals surface area contributed by atoms with E-state index in [1.165, 1.54) is 0 Å². The number of fused-ring (bicyclic) bond motifs is 1. The highest BCUT2D eigenvalue weighted by Gasteiger charge is 2.59. The molecule has 1 saturated heterocycles. The van der Waals surface area contributed by atoms with Crippen molar-refractivity contribution >= 4 is 5.91 Å². The molecule has 0 spiro atoms. The summed E-state index contributed by atoms with van der Waals surface area (Å²) in [5.74, 6) is 0.774. The maximum Gasteiger partial charge on any atom is 0.236 e. The smallest absolute Gasteiger partial charge is 0.236 e. The second-order valence-corrected chi connectivity index (χ2v) is 5.83. The van der Waals surface area contributed by atoms with E-state index in [0.717, 1.165) is 19.6 Å². The first-order chi connectivity index (χ1) is 7.98. The fourth-order valence-corrected chi connectivity index (χ4v) is 3.25. The van der Waals surface area contributed by atoms with Crippen LogP contribution in [0.1, 0.15) is 27.2 Å². The normalized spacial score (nSPS) is 34.0. The van der Waals surface area contributed by atoms with Crippen molar-refractivity contribution in [1.82, 2.24) is 10.2 Å². The third-order valence-electron chi connectivity index (χ3n) is 4.47. The lowest BCUT2D eigenvalue weighted by atomic mass is 9.57. The number of carbonyl (C=O) groups is 1. The predicted octanol–water partition coefficient (Wildman–Crippen LogP) is 0.868. The van der Waals surface area contributed by atoms with E-state index in [1.807, 2.05) is 14.0 Å². The first-order valence-corrected chi connectivity index (χ1v) is 6.57. The molecular weight excluding hydrogens is 216 g/mol. The molecule has 3 unspecified atom stereocenters. The summed E-state index contributed by atoms with van der Waals surface area (Å²) >= 11 is 0. The van der Waals surface area contributed by atoms with Gasteiger partial charge >= 0.3 is 0 Å². The van der Waals surface area contributed by atoms with Gasteiger partial charge in [0.15, 0.2) is 0 Å². The van der Waals surface area contributed by atoms with Crippen molar-refractivity contribution in [2.75, 3.05) is 26.7 Å². The molecule has 0 aromatic carbocycles. The summed E-state index contributed by atoms with van der Waals surface area (Å²) in [5.41, 5.74) is 0.159. The molecule has 0 bridgehead atoms. The van der Waals surface area contributed by atoms with Crippen LogP contribution in [0.2, 0.25) is 0 Å². The maximum atomic E-state index is 11.8. The number of hydrogen-bond donors (Lipinski definition) is 1. The minimum Gasteiger partial charge on any atom is -0.377 e. The van der Waals surface area contributed by atoms with Crippen LogP contribution in [0.15, 0.2) is 0 Å². The lowest BCUT2D eigenvalue weighted by Gasteiger charge is -2.54. The average molecular weight is 240 g/mol. The van der Waals surface area contributed by atoms with Gasteiger partial charge in [0.2, 0.25) is 5.91 Å². The Bertz CT molecular complexity index is 304. The van der Waals surface area contributed by atoms with Crippen molar-refractivity contribution in [2.24, 2.45) is 11.3 Å². The fourth-order valence-electron chi connectivity index (χ4n) is 3.25. The Kier molecular flexibility index (Phi) is 3.46. The van der Waals surface area contributed by atoms with Crippen LogP contribution in [0, 0.1) is 11.3 Å². The molecule has 1 saturated carbocycles. The molecule has 4 nitrogen and oxygen atoms in total. The zero-order chi connectivity index (χ0) is 12.6. The fraction of sp³-hybridized carbons (Fsp3) is 0.923. The standard InChI is InChI=1S/C13H24N2O2/c1-5-15(4)10(16)8-14-11-9-6-7-17-12(9)13(11,2)3/h9,11-12,14H,5-8H2,1-4H3. The van der Waals surface area contributed by atoms with Gasteiger partial charge in [-0.15, -0.1) is 0 Å². The average Bonchev–Trinajstić information content (AvgIpc) is 2.74. The second kappa shape index (κ2) is 4.58. The Morgan fingerprint density at radius 1 is 1.53 bits per heavy atom. The highest BCUT2D eigenvalue weighted by atomic mass is 16.5. The number of hydrogen-bond acceptors (Lipinski definition) is 3. The second-order valence-electron chi connectivity index (χ2n) is 5.83. The molecule has 17 heavy (non-hydrogen) atoms. The lowest BCUT2D eigenvalue weighted by Crippen LogP contribution is -2.66. The first-order valence-electron chi connectivity index (χ1n) is 6.57. The molecule has 1 N–H and O–H groups in total. The highest BCUT2D eigenvalue weighted by molar-refractivity contribution is 5.77. The Balaban J connectivity index is 1.86. The molecule has 2 aliphatic rings. The molecule has 1 heterocycles. The van der Waals surface area contributed by atoms with Crippen LogP contribution in [0.5, 0.6) is 0 Å². The Labute approximate surface area is 104 Å². The van der Waals surface area contributed by atoms with Crippen molar-refractivity contribution in [2.45, 2.75) is 39.3 Å². The van der Waals surface area contributed by atoms with Crippen LogP contribution in [0.3, 0.4) is 0 Å². The van der Waals surface area contributed by atoms with Crippen molar-refractivity contribution in [1.29, 1.82) is 0 Å². The van der Waals surface area contributed by atoms with E-state index in [9.17, 15) is 4.79 Å². The van der Waals surface area contributed by atoms with Crippen LogP contribution in [0.25, 0.3) is 0 Å². The molecule has 2 fully saturated rings. The quantitative estimate of drug-likeness (QED) is 0.793. The van der Waals surface area contributed by atoms with Crippen LogP contribution in [-0.2, 0) is 9.53 Å². The summed E-state index contributed by atoms with van der Waals surface area (Å²) in [5, 5.41) is 3.42. The number of rotatable bonds is 4. The molecule has 98 valence electrons. The molecule has 0 aromatic heterocycles. The van der Waals surface area contributed by atoms with Crippen molar-refractivity contribution in [3.05, 3.63) is 0 Å². The molecule has 3 atom stereocenters. The molecule has 1 aliphatic heterocycles. The Morgan fingerprint density at radius 3 is 2.88 bits per heavy atom. The van der Waals surface area contributed by atoms with Gasteiger partial charge in [-0.25, -0.2) is 0 Å². The molecule has 1 amide bonds. The van der Waals surface area contributed by atoms with Crippen molar-refractivity contribution in [3.8, 4) is 0 Å². The largest absolute Gasteiger partial charge is 0.377 e. The summed E-state index contributed by atoms with van der Waals surface area (Å²) in [7, 11) is 1.84. The van der Waals surface area contributed by atoms with E-state index < -0.39 is 0 Å². The van der Waals surface area contributed by atoms with E-state index in [1.54, 1.807) is 4.90 Å². The summed E-state index contributed by atoms with van der Waals surface area (Å²) < 4.78 is 5.74. The Hall–Kier alpha value is -0.610. The van der Waals surface area contributed by atoms with Gasteiger partial charge in [0.25, 0.3) is 0 Å². The van der Waals surface area contributed by atoms with Gasteiger partial charge in [-0.3, -0.25) is 4.79 Å². The van der Waals surface area contributed by atoms with Crippen LogP contribution in [0.4, 0.5) is 0 Å². The monoisotopic (exact) mass is 240 g/mol. The van der Waals surface area contributed by atoms with Crippen LogP contribution < -0.4 is 5.32 Å². The van der Waals surface area contributed by atoms with Gasteiger partial charge in [-0.2, -0.15) is 0 Å². The number of likely N-dealkylation sites (N-methyl/N-ethyl adjacent to an activating group) is 1. The van der Waals surface area contributed by atoms with E-state index in [2.05, 4.69) is 19.2 Å². The Morgan fingerprint density at radius 2 is 2.24 bits per heavy atom. The zero-order valence-electron chi connectivity index (χ0n) is 11.3. The zero-order valence-corrected chi connectivity index (χ0v) is 11.3. The minimum absolute atomic E-state index is 0.159. The summed E-state index contributed by atoms with van der Waals surface area (Å²) in [6, 6.07) is 0.421. The number of nitrogens with zero attached hydrogens (tertiary/aromatic N) is 1. The number of nitrogens with one attached hydrogen (secondary N) is 1. The molecule has 1 aliphatic carbocycles. The van der Waals surface area contributed by atoms with Crippen molar-refractivity contribution in [3.63, 3.8) is 0 Å². The summed E-state index contributed by atoms with van der Waals surface area (Å²) in [6.07, 6.45) is 1.52. The molecule has 0 aromatic rings. The molecule has 2 rings (SSSR count). The molecule has 4 heteroatoms. The SMILES string of the molecule is CCN(C)C(=O)CNC1C2CCOC2C1(C)C. The van der Waals surface area contributed by atoms with Gasteiger partial charge < -0.3 is 15.0 Å². The topological polar surface area (TPSA) is 41.6 Å². The van der Waals surface area contributed by atoms with E-state index in [0.29, 0.717) is 24.6 Å². The van der Waals surface area contributed by atoms with Gasteiger partial charge in [0.1, 0.15) is 0 Å². The van der Waals surface area contributed by atoms with E-state index >= 15 is 0 Å². The summed E-state index contributed by atoms with van der Waals surface area (Å²) in [6.45, 7) is 8.54. The molecule has 0 radical (unpaired) electrons. The van der Waals surface area contributed by atoms with E-state index in [4.69, 9.17) is 4.74 Å². The minimum atomic E-state index is 0.159. The lowest BCUT2D eigenvalue weighted by molar-refractivity contribution is -0.133. The van der Waals surface area contributed by atoms with E-state index in [-0.39, 0.29) is 11.3 Å². The van der Waals surface area contributed by atoms with Crippen LogP contribution >= 0.6 is 0 Å².